The summed E-state index contributed by atoms with van der Waals surface area (Å²) in [7, 11) is 3.16. The molecule has 4 nitrogen and oxygen atoms in total. The lowest BCUT2D eigenvalue weighted by atomic mass is 10.4. The molecule has 1 aliphatic heterocycles. The number of rotatable bonds is 4. The Morgan fingerprint density at radius 3 is 2.33 bits per heavy atom. The Hall–Kier alpha value is -0.610. The molecule has 0 amide bonds. The molecule has 12 heavy (non-hydrogen) atoms. The van der Waals surface area contributed by atoms with E-state index < -0.39 is 6.41 Å². The Bertz CT molecular complexity index is 136. The molecule has 1 aliphatic rings. The van der Waals surface area contributed by atoms with Gasteiger partial charge in [0.05, 0.1) is 6.34 Å². The lowest BCUT2D eigenvalue weighted by Gasteiger charge is -2.12. The van der Waals surface area contributed by atoms with Gasteiger partial charge in [0.15, 0.2) is 0 Å². The Balaban J connectivity index is 2.26. The van der Waals surface area contributed by atoms with Crippen LogP contribution in [-0.4, -0.2) is 45.0 Å². The SMILES string of the molecule is COC(N=CN1CCCC1)OC. The van der Waals surface area contributed by atoms with Gasteiger partial charge in [0.25, 0.3) is 6.41 Å². The monoisotopic (exact) mass is 172 g/mol. The van der Waals surface area contributed by atoms with Gasteiger partial charge in [0.1, 0.15) is 0 Å². The third-order valence-electron chi connectivity index (χ3n) is 1.90. The van der Waals surface area contributed by atoms with Crippen molar-refractivity contribution in [3.05, 3.63) is 0 Å². The summed E-state index contributed by atoms with van der Waals surface area (Å²) in [5.74, 6) is 0. The van der Waals surface area contributed by atoms with Crippen molar-refractivity contribution in [3.63, 3.8) is 0 Å². The van der Waals surface area contributed by atoms with Crippen LogP contribution in [-0.2, 0) is 9.47 Å². The van der Waals surface area contributed by atoms with Crippen molar-refractivity contribution >= 4 is 6.34 Å². The van der Waals surface area contributed by atoms with E-state index in [0.717, 1.165) is 13.1 Å². The summed E-state index contributed by atoms with van der Waals surface area (Å²) >= 11 is 0. The minimum Gasteiger partial charge on any atom is -0.363 e. The maximum absolute atomic E-state index is 4.91. The Kier molecular flexibility index (Phi) is 4.04. The predicted molar refractivity (Wildman–Crippen MR) is 47.1 cm³/mol. The number of aliphatic imine (C=N–C) groups is 1. The average molecular weight is 172 g/mol. The molecule has 0 N–H and O–H groups in total. The summed E-state index contributed by atoms with van der Waals surface area (Å²) in [5, 5.41) is 0. The summed E-state index contributed by atoms with van der Waals surface area (Å²) in [4.78, 5) is 6.27. The minimum absolute atomic E-state index is 0.453. The van der Waals surface area contributed by atoms with Gasteiger partial charge in [0, 0.05) is 27.3 Å². The molecule has 0 bridgehead atoms. The largest absolute Gasteiger partial charge is 0.363 e. The summed E-state index contributed by atoms with van der Waals surface area (Å²) in [5.41, 5.74) is 0. The Morgan fingerprint density at radius 1 is 1.25 bits per heavy atom. The van der Waals surface area contributed by atoms with Crippen LogP contribution in [0, 0.1) is 0 Å². The van der Waals surface area contributed by atoms with E-state index in [1.54, 1.807) is 14.2 Å². The molecular formula is C8H16N2O2. The minimum atomic E-state index is -0.453. The zero-order valence-corrected chi connectivity index (χ0v) is 7.69. The van der Waals surface area contributed by atoms with Crippen LogP contribution in [0.25, 0.3) is 0 Å². The quantitative estimate of drug-likeness (QED) is 0.355. The number of likely N-dealkylation sites (tertiary alicyclic amines) is 1. The molecule has 1 rings (SSSR count). The lowest BCUT2D eigenvalue weighted by molar-refractivity contribution is -0.0947. The van der Waals surface area contributed by atoms with E-state index in [0.29, 0.717) is 0 Å². The molecule has 1 saturated heterocycles. The molecule has 0 aromatic heterocycles. The van der Waals surface area contributed by atoms with E-state index in [9.17, 15) is 0 Å². The van der Waals surface area contributed by atoms with Crippen LogP contribution in [0.15, 0.2) is 4.99 Å². The molecule has 0 atom stereocenters. The topological polar surface area (TPSA) is 34.1 Å². The van der Waals surface area contributed by atoms with Crippen LogP contribution in [0.5, 0.6) is 0 Å². The van der Waals surface area contributed by atoms with Crippen LogP contribution in [0.4, 0.5) is 0 Å². The van der Waals surface area contributed by atoms with E-state index in [4.69, 9.17) is 9.47 Å². The Labute approximate surface area is 73.2 Å². The maximum atomic E-state index is 4.91. The number of hydrogen-bond acceptors (Lipinski definition) is 3. The zero-order valence-electron chi connectivity index (χ0n) is 7.69. The van der Waals surface area contributed by atoms with Crippen LogP contribution >= 0.6 is 0 Å². The van der Waals surface area contributed by atoms with Gasteiger partial charge in [-0.25, -0.2) is 4.99 Å². The number of ether oxygens (including phenoxy) is 2. The molecule has 1 fully saturated rings. The third-order valence-corrected chi connectivity index (χ3v) is 1.90. The average Bonchev–Trinajstić information content (AvgIpc) is 2.59. The van der Waals surface area contributed by atoms with Crippen molar-refractivity contribution in [2.45, 2.75) is 19.3 Å². The molecule has 0 saturated carbocycles. The highest BCUT2D eigenvalue weighted by molar-refractivity contribution is 5.55. The molecule has 0 aromatic rings. The summed E-state index contributed by atoms with van der Waals surface area (Å²) < 4.78 is 9.82. The molecule has 70 valence electrons. The first-order valence-corrected chi connectivity index (χ1v) is 4.19. The van der Waals surface area contributed by atoms with Gasteiger partial charge < -0.3 is 14.4 Å². The summed E-state index contributed by atoms with van der Waals surface area (Å²) in [6.07, 6.45) is 3.88. The van der Waals surface area contributed by atoms with Crippen LogP contribution in [0.2, 0.25) is 0 Å². The second kappa shape index (κ2) is 5.11. The van der Waals surface area contributed by atoms with Crippen LogP contribution < -0.4 is 0 Å². The summed E-state index contributed by atoms with van der Waals surface area (Å²) in [6.45, 7) is 2.20. The molecule has 1 heterocycles. The molecular weight excluding hydrogens is 156 g/mol. The van der Waals surface area contributed by atoms with E-state index >= 15 is 0 Å². The first kappa shape index (κ1) is 9.48. The van der Waals surface area contributed by atoms with E-state index in [-0.39, 0.29) is 0 Å². The fourth-order valence-corrected chi connectivity index (χ4v) is 1.22. The highest BCUT2D eigenvalue weighted by Crippen LogP contribution is 2.04. The van der Waals surface area contributed by atoms with Crippen molar-refractivity contribution in [2.24, 2.45) is 4.99 Å². The van der Waals surface area contributed by atoms with Gasteiger partial charge in [-0.1, -0.05) is 0 Å². The second-order valence-electron chi connectivity index (χ2n) is 2.79. The van der Waals surface area contributed by atoms with E-state index in [1.807, 2.05) is 6.34 Å². The van der Waals surface area contributed by atoms with Crippen LogP contribution in [0.3, 0.4) is 0 Å². The molecule has 0 aromatic carbocycles. The predicted octanol–water partition coefficient (Wildman–Crippen LogP) is 0.687. The van der Waals surface area contributed by atoms with Crippen molar-refractivity contribution in [1.29, 1.82) is 0 Å². The smallest absolute Gasteiger partial charge is 0.259 e. The summed E-state index contributed by atoms with van der Waals surface area (Å²) in [6, 6.07) is 0. The van der Waals surface area contributed by atoms with Crippen molar-refractivity contribution in [2.75, 3.05) is 27.3 Å². The first-order chi connectivity index (χ1) is 5.86. The fourth-order valence-electron chi connectivity index (χ4n) is 1.22. The van der Waals surface area contributed by atoms with Crippen molar-refractivity contribution in [1.82, 2.24) is 4.90 Å². The maximum Gasteiger partial charge on any atom is 0.259 e. The standard InChI is InChI=1S/C8H16N2O2/c1-11-8(12-2)9-7-10-5-3-4-6-10/h7-8H,3-6H2,1-2H3. The molecule has 0 radical (unpaired) electrons. The van der Waals surface area contributed by atoms with Gasteiger partial charge in [0.2, 0.25) is 0 Å². The number of nitrogens with zero attached hydrogens (tertiary/aromatic N) is 2. The fraction of sp³-hybridized carbons (Fsp3) is 0.875. The highest BCUT2D eigenvalue weighted by Gasteiger charge is 2.08. The van der Waals surface area contributed by atoms with Gasteiger partial charge in [-0.3, -0.25) is 0 Å². The van der Waals surface area contributed by atoms with Crippen LogP contribution in [0.1, 0.15) is 12.8 Å². The molecule has 0 aliphatic carbocycles. The number of methoxy groups -OCH3 is 2. The van der Waals surface area contributed by atoms with Gasteiger partial charge in [-0.05, 0) is 12.8 Å². The van der Waals surface area contributed by atoms with Crippen molar-refractivity contribution in [3.8, 4) is 0 Å². The van der Waals surface area contributed by atoms with Crippen molar-refractivity contribution < 1.29 is 9.47 Å². The van der Waals surface area contributed by atoms with Gasteiger partial charge >= 0.3 is 0 Å². The third kappa shape index (κ3) is 2.79. The number of hydrogen-bond donors (Lipinski definition) is 0. The molecule has 4 heteroatoms. The first-order valence-electron chi connectivity index (χ1n) is 4.19. The van der Waals surface area contributed by atoms with E-state index in [2.05, 4.69) is 9.89 Å². The van der Waals surface area contributed by atoms with E-state index in [1.165, 1.54) is 12.8 Å². The Morgan fingerprint density at radius 2 is 1.83 bits per heavy atom. The highest BCUT2D eigenvalue weighted by atomic mass is 16.7. The molecule has 0 unspecified atom stereocenters. The normalized spacial score (nSPS) is 18.4. The zero-order chi connectivity index (χ0) is 8.81. The lowest BCUT2D eigenvalue weighted by Crippen LogP contribution is -2.19. The van der Waals surface area contributed by atoms with Gasteiger partial charge in [-0.15, -0.1) is 0 Å². The second-order valence-corrected chi connectivity index (χ2v) is 2.79. The van der Waals surface area contributed by atoms with Gasteiger partial charge in [-0.2, -0.15) is 0 Å². The molecule has 0 spiro atoms.